The monoisotopic (exact) mass is 352 g/mol. The number of hydrogen-bond donors (Lipinski definition) is 1. The van der Waals surface area contributed by atoms with Gasteiger partial charge in [0.25, 0.3) is 0 Å². The highest BCUT2D eigenvalue weighted by Gasteiger charge is 2.42. The van der Waals surface area contributed by atoms with Gasteiger partial charge in [0.15, 0.2) is 6.29 Å². The zero-order valence-electron chi connectivity index (χ0n) is 15.0. The van der Waals surface area contributed by atoms with Crippen LogP contribution in [0.15, 0.2) is 36.9 Å². The average molecular weight is 352 g/mol. The van der Waals surface area contributed by atoms with E-state index < -0.39 is 6.10 Å². The third-order valence-corrected chi connectivity index (χ3v) is 6.03. The van der Waals surface area contributed by atoms with Gasteiger partial charge < -0.3 is 9.84 Å². The largest absolute Gasteiger partial charge is 0.497 e. The molecule has 26 heavy (non-hydrogen) atoms. The van der Waals surface area contributed by atoms with Gasteiger partial charge in [0, 0.05) is 18.0 Å². The number of fused-ring (bicyclic) bond motifs is 4. The number of hydrogen-bond acceptors (Lipinski definition) is 5. The number of pyridine rings is 1. The fourth-order valence-corrected chi connectivity index (χ4v) is 4.60. The molecule has 3 saturated heterocycles. The van der Waals surface area contributed by atoms with Crippen LogP contribution in [0.25, 0.3) is 10.9 Å². The van der Waals surface area contributed by atoms with E-state index in [0.717, 1.165) is 43.2 Å². The predicted molar refractivity (Wildman–Crippen MR) is 100 cm³/mol. The number of nitrogens with zero attached hydrogens (tertiary/aromatic N) is 2. The van der Waals surface area contributed by atoms with Crippen molar-refractivity contribution in [2.75, 3.05) is 20.2 Å². The molecule has 2 aromatic rings. The second-order valence-electron chi connectivity index (χ2n) is 7.33. The smallest absolute Gasteiger partial charge is 0.168 e. The van der Waals surface area contributed by atoms with Gasteiger partial charge in [-0.1, -0.05) is 6.08 Å². The number of carbonyl (C=O) groups excluding carboxylic acids is 1. The molecule has 1 aromatic carbocycles. The van der Waals surface area contributed by atoms with Crippen LogP contribution in [0.2, 0.25) is 0 Å². The van der Waals surface area contributed by atoms with E-state index in [2.05, 4.69) is 22.5 Å². The van der Waals surface area contributed by atoms with E-state index in [1.807, 2.05) is 18.2 Å². The second kappa shape index (κ2) is 6.82. The van der Waals surface area contributed by atoms with Crippen LogP contribution in [0.5, 0.6) is 5.75 Å². The quantitative estimate of drug-likeness (QED) is 0.662. The maximum absolute atomic E-state index is 11.3. The Kier molecular flexibility index (Phi) is 4.51. The van der Waals surface area contributed by atoms with E-state index in [-0.39, 0.29) is 6.04 Å². The summed E-state index contributed by atoms with van der Waals surface area (Å²) in [5.41, 5.74) is 1.80. The first-order chi connectivity index (χ1) is 12.6. The van der Waals surface area contributed by atoms with Gasteiger partial charge in [0.1, 0.15) is 11.4 Å². The van der Waals surface area contributed by atoms with Crippen LogP contribution in [0.1, 0.15) is 35.0 Å². The topological polar surface area (TPSA) is 62.7 Å². The number of aliphatic hydroxyl groups excluding tert-OH is 1. The van der Waals surface area contributed by atoms with Gasteiger partial charge in [-0.15, -0.1) is 6.58 Å². The van der Waals surface area contributed by atoms with E-state index in [1.54, 1.807) is 13.2 Å². The number of methoxy groups -OCH3 is 1. The second-order valence-corrected chi connectivity index (χ2v) is 7.33. The van der Waals surface area contributed by atoms with Gasteiger partial charge >= 0.3 is 0 Å². The first kappa shape index (κ1) is 17.2. The number of aliphatic hydroxyl groups is 1. The van der Waals surface area contributed by atoms with Gasteiger partial charge in [-0.2, -0.15) is 0 Å². The molecule has 0 radical (unpaired) electrons. The molecule has 4 heterocycles. The standard InChI is InChI=1S/C21H24N2O3/c1-3-13-11-23-7-6-14(13)8-20(23)21(25)18-9-15(12-24)22-19-5-4-16(26-2)10-17(18)19/h3-5,9-10,12-14,20-21,25H,1,6-8,11H2,2H3/t13-,14?,20-,21+/m0/s1. The molecule has 1 N–H and O–H groups in total. The summed E-state index contributed by atoms with van der Waals surface area (Å²) in [5.74, 6) is 1.79. The zero-order valence-corrected chi connectivity index (χ0v) is 15.0. The van der Waals surface area contributed by atoms with Crippen molar-refractivity contribution in [3.8, 4) is 5.75 Å². The molecular formula is C21H24N2O3. The number of carbonyl (C=O) groups is 1. The summed E-state index contributed by atoms with van der Waals surface area (Å²) in [6.45, 7) is 5.91. The summed E-state index contributed by atoms with van der Waals surface area (Å²) in [5, 5.41) is 12.1. The Morgan fingerprint density at radius 2 is 2.27 bits per heavy atom. The van der Waals surface area contributed by atoms with Gasteiger partial charge in [0.05, 0.1) is 18.7 Å². The number of benzene rings is 1. The molecule has 0 saturated carbocycles. The average Bonchev–Trinajstić information content (AvgIpc) is 2.72. The Morgan fingerprint density at radius 3 is 2.92 bits per heavy atom. The van der Waals surface area contributed by atoms with Crippen LogP contribution < -0.4 is 4.74 Å². The molecule has 5 heteroatoms. The van der Waals surface area contributed by atoms with Crippen molar-refractivity contribution in [1.29, 1.82) is 0 Å². The van der Waals surface area contributed by atoms with Crippen molar-refractivity contribution in [2.24, 2.45) is 11.8 Å². The van der Waals surface area contributed by atoms with Crippen molar-refractivity contribution in [1.82, 2.24) is 9.88 Å². The molecule has 0 spiro atoms. The molecule has 136 valence electrons. The van der Waals surface area contributed by atoms with Crippen LogP contribution in [-0.4, -0.2) is 47.5 Å². The third-order valence-electron chi connectivity index (χ3n) is 6.03. The molecule has 5 atom stereocenters. The Labute approximate surface area is 153 Å². The minimum Gasteiger partial charge on any atom is -0.497 e. The van der Waals surface area contributed by atoms with Crippen LogP contribution in [0.3, 0.4) is 0 Å². The Hall–Kier alpha value is -2.24. The van der Waals surface area contributed by atoms with Gasteiger partial charge in [-0.05, 0) is 61.1 Å². The Balaban J connectivity index is 1.75. The summed E-state index contributed by atoms with van der Waals surface area (Å²) >= 11 is 0. The molecular weight excluding hydrogens is 328 g/mol. The molecule has 2 bridgehead atoms. The molecule has 0 aliphatic carbocycles. The maximum Gasteiger partial charge on any atom is 0.168 e. The van der Waals surface area contributed by atoms with E-state index in [9.17, 15) is 9.90 Å². The lowest BCUT2D eigenvalue weighted by molar-refractivity contribution is -0.0444. The Morgan fingerprint density at radius 1 is 1.42 bits per heavy atom. The summed E-state index contributed by atoms with van der Waals surface area (Å²) < 4.78 is 5.34. The molecule has 1 aromatic heterocycles. The number of aldehydes is 1. The lowest BCUT2D eigenvalue weighted by atomic mass is 9.73. The van der Waals surface area contributed by atoms with Crippen molar-refractivity contribution < 1.29 is 14.6 Å². The number of ether oxygens (including phenoxy) is 1. The van der Waals surface area contributed by atoms with Crippen molar-refractivity contribution in [3.05, 3.63) is 48.2 Å². The molecule has 2 unspecified atom stereocenters. The zero-order chi connectivity index (χ0) is 18.3. The van der Waals surface area contributed by atoms with Crippen LogP contribution in [0, 0.1) is 11.8 Å². The summed E-state index contributed by atoms with van der Waals surface area (Å²) in [6, 6.07) is 7.31. The molecule has 3 aliphatic rings. The summed E-state index contributed by atoms with van der Waals surface area (Å²) in [6.07, 6.45) is 4.23. The maximum atomic E-state index is 11.3. The highest BCUT2D eigenvalue weighted by molar-refractivity contribution is 5.88. The summed E-state index contributed by atoms with van der Waals surface area (Å²) in [7, 11) is 1.62. The first-order valence-corrected chi connectivity index (χ1v) is 9.13. The van der Waals surface area contributed by atoms with Gasteiger partial charge in [0.2, 0.25) is 0 Å². The fraction of sp³-hybridized carbons (Fsp3) is 0.429. The number of aromatic nitrogens is 1. The molecule has 5 nitrogen and oxygen atoms in total. The van der Waals surface area contributed by atoms with Gasteiger partial charge in [-0.3, -0.25) is 9.69 Å². The van der Waals surface area contributed by atoms with Crippen molar-refractivity contribution in [2.45, 2.75) is 25.0 Å². The van der Waals surface area contributed by atoms with E-state index in [0.29, 0.717) is 28.8 Å². The highest BCUT2D eigenvalue weighted by Crippen LogP contribution is 2.42. The fourth-order valence-electron chi connectivity index (χ4n) is 4.60. The van der Waals surface area contributed by atoms with Crippen molar-refractivity contribution >= 4 is 17.2 Å². The normalized spacial score (nSPS) is 28.7. The molecule has 5 rings (SSSR count). The van der Waals surface area contributed by atoms with E-state index in [4.69, 9.17) is 4.74 Å². The minimum absolute atomic E-state index is 0.0567. The van der Waals surface area contributed by atoms with Crippen LogP contribution in [0.4, 0.5) is 0 Å². The first-order valence-electron chi connectivity index (χ1n) is 9.13. The molecule has 0 amide bonds. The Bertz CT molecular complexity index is 851. The van der Waals surface area contributed by atoms with Crippen LogP contribution in [-0.2, 0) is 0 Å². The molecule has 3 fully saturated rings. The highest BCUT2D eigenvalue weighted by atomic mass is 16.5. The SMILES string of the molecule is C=C[C@H]1CN2CCC1C[C@H]2[C@H](O)c1cc(C=O)nc2ccc(OC)cc12. The van der Waals surface area contributed by atoms with E-state index >= 15 is 0 Å². The third kappa shape index (κ3) is 2.81. The van der Waals surface area contributed by atoms with E-state index in [1.165, 1.54) is 0 Å². The lowest BCUT2D eigenvalue weighted by Crippen LogP contribution is -2.54. The number of rotatable bonds is 5. The van der Waals surface area contributed by atoms with Crippen molar-refractivity contribution in [3.63, 3.8) is 0 Å². The number of piperidine rings is 3. The van der Waals surface area contributed by atoms with Crippen LogP contribution >= 0.6 is 0 Å². The molecule has 3 aliphatic heterocycles. The predicted octanol–water partition coefficient (Wildman–Crippen LogP) is 2.99. The van der Waals surface area contributed by atoms with Gasteiger partial charge in [-0.25, -0.2) is 4.98 Å². The minimum atomic E-state index is -0.667. The lowest BCUT2D eigenvalue weighted by Gasteiger charge is -2.50. The summed E-state index contributed by atoms with van der Waals surface area (Å²) in [4.78, 5) is 18.1.